The summed E-state index contributed by atoms with van der Waals surface area (Å²) < 4.78 is 11.4. The van der Waals surface area contributed by atoms with Crippen LogP contribution in [0.15, 0.2) is 18.2 Å². The van der Waals surface area contributed by atoms with Gasteiger partial charge in [0, 0.05) is 12.1 Å². The van der Waals surface area contributed by atoms with E-state index in [4.69, 9.17) is 9.47 Å². The highest BCUT2D eigenvalue weighted by Crippen LogP contribution is 2.30. The monoisotopic (exact) mass is 277 g/mol. The topological polar surface area (TPSA) is 38.8 Å². The Kier molecular flexibility index (Phi) is 5.01. The predicted molar refractivity (Wildman–Crippen MR) is 78.8 cm³/mol. The number of hydrogen-bond donors (Lipinski definition) is 0. The lowest BCUT2D eigenvalue weighted by atomic mass is 10.1. The molecule has 0 aliphatic carbocycles. The lowest BCUT2D eigenvalue weighted by Crippen LogP contribution is -2.21. The zero-order valence-electron chi connectivity index (χ0n) is 12.5. The summed E-state index contributed by atoms with van der Waals surface area (Å²) in [6, 6.07) is 5.36. The predicted octanol–water partition coefficient (Wildman–Crippen LogP) is 2.76. The van der Waals surface area contributed by atoms with Crippen molar-refractivity contribution < 1.29 is 14.3 Å². The van der Waals surface area contributed by atoms with E-state index in [-0.39, 0.29) is 11.9 Å². The summed E-state index contributed by atoms with van der Waals surface area (Å²) in [6.07, 6.45) is 3.37. The van der Waals surface area contributed by atoms with E-state index in [1.807, 2.05) is 0 Å². The van der Waals surface area contributed by atoms with Crippen LogP contribution in [0.1, 0.15) is 36.5 Å². The normalized spacial score (nSPS) is 20.2. The van der Waals surface area contributed by atoms with Crippen molar-refractivity contribution in [1.82, 2.24) is 4.90 Å². The van der Waals surface area contributed by atoms with Crippen LogP contribution in [0.2, 0.25) is 0 Å². The van der Waals surface area contributed by atoms with Crippen molar-refractivity contribution >= 4 is 5.78 Å². The SMILES string of the molecule is COc1ccc(C(C)=O)cc1OC1CCCN(C)CC1. The average Bonchev–Trinajstić information content (AvgIpc) is 2.63. The molecule has 4 heteroatoms. The Morgan fingerprint density at radius 2 is 2.05 bits per heavy atom. The third-order valence-corrected chi connectivity index (χ3v) is 3.76. The van der Waals surface area contributed by atoms with Crippen molar-refractivity contribution in [2.45, 2.75) is 32.3 Å². The van der Waals surface area contributed by atoms with Crippen LogP contribution in [-0.4, -0.2) is 44.0 Å². The van der Waals surface area contributed by atoms with E-state index in [0.29, 0.717) is 17.1 Å². The minimum atomic E-state index is 0.0399. The zero-order chi connectivity index (χ0) is 14.5. The first-order valence-electron chi connectivity index (χ1n) is 7.14. The van der Waals surface area contributed by atoms with E-state index in [9.17, 15) is 4.79 Å². The van der Waals surface area contributed by atoms with Crippen molar-refractivity contribution in [1.29, 1.82) is 0 Å². The van der Waals surface area contributed by atoms with Crippen molar-refractivity contribution in [3.63, 3.8) is 0 Å². The molecule has 1 aliphatic heterocycles. The van der Waals surface area contributed by atoms with Crippen LogP contribution in [0.25, 0.3) is 0 Å². The second kappa shape index (κ2) is 6.75. The lowest BCUT2D eigenvalue weighted by molar-refractivity contribution is 0.101. The molecule has 1 atom stereocenters. The Hall–Kier alpha value is -1.55. The highest BCUT2D eigenvalue weighted by atomic mass is 16.5. The Balaban J connectivity index is 2.14. The van der Waals surface area contributed by atoms with Crippen LogP contribution >= 0.6 is 0 Å². The first-order valence-corrected chi connectivity index (χ1v) is 7.14. The fourth-order valence-corrected chi connectivity index (χ4v) is 2.49. The number of likely N-dealkylation sites (tertiary alicyclic amines) is 1. The molecule has 0 N–H and O–H groups in total. The standard InChI is InChI=1S/C16H23NO3/c1-12(18)13-6-7-15(19-3)16(11-13)20-14-5-4-9-17(2)10-8-14/h6-7,11,14H,4-5,8-10H2,1-3H3. The molecule has 1 heterocycles. The van der Waals surface area contributed by atoms with Crippen LogP contribution < -0.4 is 9.47 Å². The maximum absolute atomic E-state index is 11.5. The van der Waals surface area contributed by atoms with Crippen LogP contribution in [0.4, 0.5) is 0 Å². The summed E-state index contributed by atoms with van der Waals surface area (Å²) in [6.45, 7) is 3.72. The highest BCUT2D eigenvalue weighted by molar-refractivity contribution is 5.94. The van der Waals surface area contributed by atoms with Crippen LogP contribution in [0, 0.1) is 0 Å². The van der Waals surface area contributed by atoms with Gasteiger partial charge in [-0.25, -0.2) is 0 Å². The Morgan fingerprint density at radius 1 is 1.25 bits per heavy atom. The molecule has 4 nitrogen and oxygen atoms in total. The van der Waals surface area contributed by atoms with Gasteiger partial charge in [0.1, 0.15) is 6.10 Å². The van der Waals surface area contributed by atoms with E-state index in [1.54, 1.807) is 32.2 Å². The number of hydrogen-bond acceptors (Lipinski definition) is 4. The summed E-state index contributed by atoms with van der Waals surface area (Å²) in [5.41, 5.74) is 0.659. The van der Waals surface area contributed by atoms with Gasteiger partial charge in [-0.3, -0.25) is 4.79 Å². The van der Waals surface area contributed by atoms with E-state index in [0.717, 1.165) is 32.4 Å². The molecule has 1 fully saturated rings. The minimum absolute atomic E-state index is 0.0399. The summed E-state index contributed by atoms with van der Waals surface area (Å²) in [7, 11) is 3.76. The first kappa shape index (κ1) is 14.9. The third-order valence-electron chi connectivity index (χ3n) is 3.76. The molecule has 1 aromatic rings. The molecule has 20 heavy (non-hydrogen) atoms. The summed E-state index contributed by atoms with van der Waals surface area (Å²) in [4.78, 5) is 13.8. The molecule has 0 bridgehead atoms. The van der Waals surface area contributed by atoms with Gasteiger partial charge < -0.3 is 14.4 Å². The highest BCUT2D eigenvalue weighted by Gasteiger charge is 2.18. The Labute approximate surface area is 120 Å². The number of Topliss-reactive ketones (excluding diaryl/α,β-unsaturated/α-hetero) is 1. The molecule has 2 rings (SSSR count). The average molecular weight is 277 g/mol. The van der Waals surface area contributed by atoms with Gasteiger partial charge in [-0.2, -0.15) is 0 Å². The number of nitrogens with zero attached hydrogens (tertiary/aromatic N) is 1. The Bertz CT molecular complexity index is 473. The Morgan fingerprint density at radius 3 is 2.75 bits per heavy atom. The number of ketones is 1. The second-order valence-corrected chi connectivity index (χ2v) is 5.40. The number of rotatable bonds is 4. The summed E-state index contributed by atoms with van der Waals surface area (Å²) in [5.74, 6) is 1.40. The number of carbonyl (C=O) groups excluding carboxylic acids is 1. The van der Waals surface area contributed by atoms with E-state index in [2.05, 4.69) is 11.9 Å². The van der Waals surface area contributed by atoms with Gasteiger partial charge in [0.15, 0.2) is 17.3 Å². The molecule has 1 saturated heterocycles. The number of carbonyl (C=O) groups is 1. The first-order chi connectivity index (χ1) is 9.60. The van der Waals surface area contributed by atoms with Crippen molar-refractivity contribution in [2.24, 2.45) is 0 Å². The number of ether oxygens (including phenoxy) is 2. The quantitative estimate of drug-likeness (QED) is 0.793. The van der Waals surface area contributed by atoms with E-state index in [1.165, 1.54) is 0 Å². The van der Waals surface area contributed by atoms with Gasteiger partial charge >= 0.3 is 0 Å². The van der Waals surface area contributed by atoms with Gasteiger partial charge in [-0.05, 0) is 58.0 Å². The minimum Gasteiger partial charge on any atom is -0.493 e. The second-order valence-electron chi connectivity index (χ2n) is 5.40. The largest absolute Gasteiger partial charge is 0.493 e. The molecule has 0 amide bonds. The van der Waals surface area contributed by atoms with Gasteiger partial charge in [0.25, 0.3) is 0 Å². The van der Waals surface area contributed by atoms with Gasteiger partial charge in [-0.15, -0.1) is 0 Å². The number of benzene rings is 1. The van der Waals surface area contributed by atoms with Gasteiger partial charge in [0.05, 0.1) is 7.11 Å². The molecule has 110 valence electrons. The lowest BCUT2D eigenvalue weighted by Gasteiger charge is -2.19. The summed E-state index contributed by atoms with van der Waals surface area (Å²) in [5, 5.41) is 0. The van der Waals surface area contributed by atoms with Crippen LogP contribution in [0.3, 0.4) is 0 Å². The molecule has 0 saturated carbocycles. The fourth-order valence-electron chi connectivity index (χ4n) is 2.49. The number of methoxy groups -OCH3 is 1. The molecule has 0 aromatic heterocycles. The van der Waals surface area contributed by atoms with E-state index >= 15 is 0 Å². The molecule has 1 aromatic carbocycles. The fraction of sp³-hybridized carbons (Fsp3) is 0.562. The smallest absolute Gasteiger partial charge is 0.162 e. The van der Waals surface area contributed by atoms with Crippen LogP contribution in [0.5, 0.6) is 11.5 Å². The van der Waals surface area contributed by atoms with Crippen molar-refractivity contribution in [3.8, 4) is 11.5 Å². The molecule has 1 unspecified atom stereocenters. The van der Waals surface area contributed by atoms with Gasteiger partial charge in [0.2, 0.25) is 0 Å². The van der Waals surface area contributed by atoms with Crippen LogP contribution in [-0.2, 0) is 0 Å². The van der Waals surface area contributed by atoms with Gasteiger partial charge in [-0.1, -0.05) is 0 Å². The van der Waals surface area contributed by atoms with Crippen molar-refractivity contribution in [3.05, 3.63) is 23.8 Å². The third kappa shape index (κ3) is 3.73. The maximum Gasteiger partial charge on any atom is 0.162 e. The molecule has 0 radical (unpaired) electrons. The van der Waals surface area contributed by atoms with Crippen molar-refractivity contribution in [2.75, 3.05) is 27.2 Å². The maximum atomic E-state index is 11.5. The summed E-state index contributed by atoms with van der Waals surface area (Å²) >= 11 is 0. The molecular weight excluding hydrogens is 254 g/mol. The zero-order valence-corrected chi connectivity index (χ0v) is 12.5. The van der Waals surface area contributed by atoms with E-state index < -0.39 is 0 Å². The molecule has 0 spiro atoms. The molecule has 1 aliphatic rings. The molecular formula is C16H23NO3.